The fraction of sp³-hybridized carbons (Fsp3) is 0.448. The van der Waals surface area contributed by atoms with Crippen LogP contribution in [0.4, 0.5) is 4.79 Å². The van der Waals surface area contributed by atoms with Gasteiger partial charge in [-0.2, -0.15) is 10.4 Å². The Hall–Kier alpha value is -4.50. The molecule has 214 valence electrons. The topological polar surface area (TPSA) is 144 Å². The van der Waals surface area contributed by atoms with Gasteiger partial charge >= 0.3 is 6.09 Å². The fourth-order valence-corrected chi connectivity index (χ4v) is 5.07. The molecule has 1 atom stereocenters. The lowest BCUT2D eigenvalue weighted by atomic mass is 10.0. The van der Waals surface area contributed by atoms with Crippen molar-refractivity contribution in [3.05, 3.63) is 59.3 Å². The van der Waals surface area contributed by atoms with Crippen LogP contribution < -0.4 is 4.74 Å². The maximum absolute atomic E-state index is 12.5. The Morgan fingerprint density at radius 3 is 2.71 bits per heavy atom. The molecule has 1 aliphatic heterocycles. The summed E-state index contributed by atoms with van der Waals surface area (Å²) in [6, 6.07) is 7.72. The van der Waals surface area contributed by atoms with Crippen molar-refractivity contribution in [2.75, 3.05) is 19.7 Å². The molecule has 1 unspecified atom stereocenters. The molecule has 5 rings (SSSR count). The van der Waals surface area contributed by atoms with Gasteiger partial charge in [-0.15, -0.1) is 5.10 Å². The molecule has 1 amide bonds. The number of aliphatic hydroxyl groups excluding tert-OH is 1. The van der Waals surface area contributed by atoms with Crippen molar-refractivity contribution in [3.63, 3.8) is 0 Å². The standard InChI is InChI=1S/C29H34N8O4/c1-18-7-6-10-31-25(18)23(38)17-40-24-13-20(16-36-27(24)21(14-30)15-32-36)26-19(2)37(34-33-26)22-8-11-35(12-9-22)28(39)41-29(3,4)5/h6-7,10,13,15-16,22-23,38H,8-9,11-12,17H2,1-5H3. The number of aromatic nitrogens is 6. The highest BCUT2D eigenvalue weighted by molar-refractivity contribution is 5.74. The number of hydrogen-bond donors (Lipinski definition) is 1. The van der Waals surface area contributed by atoms with E-state index in [4.69, 9.17) is 9.47 Å². The molecule has 4 aromatic rings. The zero-order valence-electron chi connectivity index (χ0n) is 23.9. The Morgan fingerprint density at radius 1 is 1.27 bits per heavy atom. The lowest BCUT2D eigenvalue weighted by molar-refractivity contribution is 0.0183. The van der Waals surface area contributed by atoms with Gasteiger partial charge in [0, 0.05) is 31.0 Å². The molecule has 4 aromatic heterocycles. The molecule has 0 aromatic carbocycles. The van der Waals surface area contributed by atoms with Crippen molar-refractivity contribution in [1.82, 2.24) is 34.5 Å². The van der Waals surface area contributed by atoms with Gasteiger partial charge < -0.3 is 19.5 Å². The molecule has 0 radical (unpaired) electrons. The molecule has 0 aliphatic carbocycles. The summed E-state index contributed by atoms with van der Waals surface area (Å²) < 4.78 is 15.1. The third kappa shape index (κ3) is 5.85. The first-order valence-corrected chi connectivity index (χ1v) is 13.6. The van der Waals surface area contributed by atoms with Crippen molar-refractivity contribution in [2.45, 2.75) is 65.2 Å². The third-order valence-electron chi connectivity index (χ3n) is 7.12. The number of aryl methyl sites for hydroxylation is 1. The Morgan fingerprint density at radius 2 is 2.02 bits per heavy atom. The van der Waals surface area contributed by atoms with E-state index in [9.17, 15) is 15.2 Å². The van der Waals surface area contributed by atoms with E-state index < -0.39 is 11.7 Å². The molecule has 5 heterocycles. The minimum atomic E-state index is -0.956. The third-order valence-corrected chi connectivity index (χ3v) is 7.12. The van der Waals surface area contributed by atoms with Gasteiger partial charge in [-0.05, 0) is 65.2 Å². The van der Waals surface area contributed by atoms with E-state index in [0.29, 0.717) is 46.9 Å². The maximum atomic E-state index is 12.5. The summed E-state index contributed by atoms with van der Waals surface area (Å²) in [6.45, 7) is 10.5. The predicted molar refractivity (Wildman–Crippen MR) is 149 cm³/mol. The van der Waals surface area contributed by atoms with Gasteiger partial charge in [-0.3, -0.25) is 4.98 Å². The van der Waals surface area contributed by atoms with Gasteiger partial charge in [0.05, 0.1) is 23.6 Å². The molecule has 41 heavy (non-hydrogen) atoms. The molecule has 0 bridgehead atoms. The second-order valence-corrected chi connectivity index (χ2v) is 11.3. The van der Waals surface area contributed by atoms with E-state index in [1.54, 1.807) is 27.9 Å². The number of pyridine rings is 2. The summed E-state index contributed by atoms with van der Waals surface area (Å²) in [5, 5.41) is 33.7. The van der Waals surface area contributed by atoms with Crippen LogP contribution in [0.1, 0.15) is 68.3 Å². The highest BCUT2D eigenvalue weighted by Gasteiger charge is 2.29. The summed E-state index contributed by atoms with van der Waals surface area (Å²) in [4.78, 5) is 18.5. The van der Waals surface area contributed by atoms with Crippen LogP contribution >= 0.6 is 0 Å². The lowest BCUT2D eigenvalue weighted by Gasteiger charge is -2.33. The minimum Gasteiger partial charge on any atom is -0.488 e. The van der Waals surface area contributed by atoms with E-state index >= 15 is 0 Å². The van der Waals surface area contributed by atoms with E-state index in [0.717, 1.165) is 24.1 Å². The van der Waals surface area contributed by atoms with Crippen molar-refractivity contribution in [1.29, 1.82) is 5.26 Å². The van der Waals surface area contributed by atoms with E-state index in [1.807, 2.05) is 51.4 Å². The number of carbonyl (C=O) groups is 1. The van der Waals surface area contributed by atoms with Crippen LogP contribution in [0.25, 0.3) is 16.8 Å². The van der Waals surface area contributed by atoms with Gasteiger partial charge in [-0.1, -0.05) is 11.3 Å². The van der Waals surface area contributed by atoms with Crippen molar-refractivity contribution in [3.8, 4) is 23.1 Å². The Balaban J connectivity index is 1.38. The molecule has 1 saturated heterocycles. The molecular weight excluding hydrogens is 524 g/mol. The average molecular weight is 559 g/mol. The van der Waals surface area contributed by atoms with Gasteiger partial charge in [0.15, 0.2) is 0 Å². The summed E-state index contributed by atoms with van der Waals surface area (Å²) in [7, 11) is 0. The molecular formula is C29H34N8O4. The molecule has 0 saturated carbocycles. The van der Waals surface area contributed by atoms with Crippen LogP contribution in [0.5, 0.6) is 5.75 Å². The van der Waals surface area contributed by atoms with E-state index in [-0.39, 0.29) is 18.7 Å². The van der Waals surface area contributed by atoms with Gasteiger partial charge in [0.25, 0.3) is 0 Å². The van der Waals surface area contributed by atoms with E-state index in [2.05, 4.69) is 26.5 Å². The van der Waals surface area contributed by atoms with Crippen molar-refractivity contribution < 1.29 is 19.4 Å². The summed E-state index contributed by atoms with van der Waals surface area (Å²) in [5.74, 6) is 0.392. The lowest BCUT2D eigenvalue weighted by Crippen LogP contribution is -2.42. The molecule has 1 fully saturated rings. The predicted octanol–water partition coefficient (Wildman–Crippen LogP) is 4.16. The number of rotatable bonds is 6. The largest absolute Gasteiger partial charge is 0.488 e. The normalized spacial score (nSPS) is 15.1. The number of piperidine rings is 1. The van der Waals surface area contributed by atoms with Gasteiger partial charge in [0.1, 0.15) is 46.9 Å². The molecule has 1 aliphatic rings. The average Bonchev–Trinajstić information content (AvgIpc) is 3.54. The number of hydrogen-bond acceptors (Lipinski definition) is 9. The van der Waals surface area contributed by atoms with E-state index in [1.165, 1.54) is 6.20 Å². The summed E-state index contributed by atoms with van der Waals surface area (Å²) in [5.41, 5.74) is 3.93. The zero-order valence-corrected chi connectivity index (χ0v) is 23.9. The van der Waals surface area contributed by atoms with Crippen LogP contribution in [0.2, 0.25) is 0 Å². The first-order chi connectivity index (χ1) is 19.6. The monoisotopic (exact) mass is 558 g/mol. The Kier molecular flexibility index (Phi) is 7.64. The van der Waals surface area contributed by atoms with Crippen LogP contribution in [0.15, 0.2) is 36.8 Å². The number of fused-ring (bicyclic) bond motifs is 1. The second kappa shape index (κ2) is 11.2. The summed E-state index contributed by atoms with van der Waals surface area (Å²) >= 11 is 0. The van der Waals surface area contributed by atoms with Crippen LogP contribution in [-0.2, 0) is 4.74 Å². The Labute approximate surface area is 238 Å². The Bertz CT molecular complexity index is 1610. The molecule has 0 spiro atoms. The minimum absolute atomic E-state index is 0.0606. The van der Waals surface area contributed by atoms with Crippen molar-refractivity contribution >= 4 is 11.6 Å². The van der Waals surface area contributed by atoms with Gasteiger partial charge in [0.2, 0.25) is 0 Å². The zero-order chi connectivity index (χ0) is 29.3. The fourth-order valence-electron chi connectivity index (χ4n) is 5.07. The number of amides is 1. The van der Waals surface area contributed by atoms with Crippen LogP contribution in [0, 0.1) is 25.2 Å². The number of aliphatic hydroxyl groups is 1. The van der Waals surface area contributed by atoms with Crippen molar-refractivity contribution in [2.24, 2.45) is 0 Å². The number of likely N-dealkylation sites (tertiary alicyclic amines) is 1. The van der Waals surface area contributed by atoms with Crippen LogP contribution in [0.3, 0.4) is 0 Å². The number of nitrogens with zero attached hydrogens (tertiary/aromatic N) is 8. The molecule has 12 heteroatoms. The first kappa shape index (κ1) is 28.0. The first-order valence-electron chi connectivity index (χ1n) is 13.6. The number of ether oxygens (including phenoxy) is 2. The quantitative estimate of drug-likeness (QED) is 0.369. The smallest absolute Gasteiger partial charge is 0.410 e. The van der Waals surface area contributed by atoms with Crippen LogP contribution in [-0.4, -0.2) is 71.0 Å². The maximum Gasteiger partial charge on any atom is 0.410 e. The molecule has 12 nitrogen and oxygen atoms in total. The van der Waals surface area contributed by atoms with Gasteiger partial charge in [-0.25, -0.2) is 14.0 Å². The highest BCUT2D eigenvalue weighted by atomic mass is 16.6. The SMILES string of the molecule is Cc1cccnc1C(O)COc1cc(-c2nnn(C3CCN(C(=O)OC(C)(C)C)CC3)c2C)cn2ncc(C#N)c12. The summed E-state index contributed by atoms with van der Waals surface area (Å²) in [6.07, 6.45) is 5.09. The highest BCUT2D eigenvalue weighted by Crippen LogP contribution is 2.33. The second-order valence-electron chi connectivity index (χ2n) is 11.3. The number of carbonyl (C=O) groups excluding carboxylic acids is 1. The molecule has 1 N–H and O–H groups in total. The number of nitriles is 1.